The van der Waals surface area contributed by atoms with E-state index in [1.807, 2.05) is 6.07 Å². The monoisotopic (exact) mass is 301 g/mol. The number of hydrogen-bond acceptors (Lipinski definition) is 5. The highest BCUT2D eigenvalue weighted by Gasteiger charge is 2.16. The summed E-state index contributed by atoms with van der Waals surface area (Å²) in [6.45, 7) is -0.216. The number of phenolic OH excluding ortho intramolecular Hbond substituents is 1. The van der Waals surface area contributed by atoms with E-state index in [0.29, 0.717) is 5.75 Å². The Hall–Kier alpha value is -3.02. The van der Waals surface area contributed by atoms with Gasteiger partial charge in [0.25, 0.3) is 5.91 Å². The molecule has 0 saturated heterocycles. The summed E-state index contributed by atoms with van der Waals surface area (Å²) in [6.07, 6.45) is 0. The summed E-state index contributed by atoms with van der Waals surface area (Å²) in [7, 11) is 1.21. The maximum atomic E-state index is 11.8. The maximum Gasteiger partial charge on any atom is 0.341 e. The first-order valence-electron chi connectivity index (χ1n) is 6.50. The predicted octanol–water partition coefficient (Wildman–Crippen LogP) is 2.20. The standard InChI is InChI=1S/C16H15NO5/c1-21-16(20)12-8-5-9-13(15(12)19)17-14(18)10-22-11-6-3-2-4-7-11/h2-9,19H,10H2,1H3,(H,17,18). The molecule has 0 atom stereocenters. The van der Waals surface area contributed by atoms with E-state index in [2.05, 4.69) is 10.1 Å². The normalized spacial score (nSPS) is 9.86. The number of aromatic hydroxyl groups is 1. The van der Waals surface area contributed by atoms with Crippen molar-refractivity contribution in [3.63, 3.8) is 0 Å². The van der Waals surface area contributed by atoms with Crippen LogP contribution in [0.15, 0.2) is 48.5 Å². The van der Waals surface area contributed by atoms with Crippen LogP contribution < -0.4 is 10.1 Å². The van der Waals surface area contributed by atoms with Gasteiger partial charge in [0.15, 0.2) is 12.4 Å². The lowest BCUT2D eigenvalue weighted by atomic mass is 10.1. The van der Waals surface area contributed by atoms with Gasteiger partial charge in [-0.2, -0.15) is 0 Å². The van der Waals surface area contributed by atoms with Gasteiger partial charge in [-0.05, 0) is 24.3 Å². The van der Waals surface area contributed by atoms with E-state index >= 15 is 0 Å². The molecule has 0 spiro atoms. The number of carbonyl (C=O) groups excluding carboxylic acids is 2. The highest BCUT2D eigenvalue weighted by molar-refractivity contribution is 5.98. The van der Waals surface area contributed by atoms with Gasteiger partial charge in [-0.15, -0.1) is 0 Å². The molecule has 114 valence electrons. The van der Waals surface area contributed by atoms with Gasteiger partial charge in [0.2, 0.25) is 0 Å². The second-order valence-electron chi connectivity index (χ2n) is 4.34. The zero-order valence-corrected chi connectivity index (χ0v) is 11.9. The molecule has 0 aliphatic rings. The summed E-state index contributed by atoms with van der Waals surface area (Å²) in [5.41, 5.74) is 0.0915. The molecule has 22 heavy (non-hydrogen) atoms. The molecule has 0 bridgehead atoms. The summed E-state index contributed by atoms with van der Waals surface area (Å²) < 4.78 is 9.84. The molecule has 0 aliphatic carbocycles. The summed E-state index contributed by atoms with van der Waals surface area (Å²) in [5, 5.41) is 12.4. The molecular formula is C16H15NO5. The summed E-state index contributed by atoms with van der Waals surface area (Å²) in [4.78, 5) is 23.3. The predicted molar refractivity (Wildman–Crippen MR) is 80.0 cm³/mol. The van der Waals surface area contributed by atoms with Crippen molar-refractivity contribution in [1.29, 1.82) is 0 Å². The molecule has 0 radical (unpaired) electrons. The summed E-state index contributed by atoms with van der Waals surface area (Å²) in [5.74, 6) is -0.928. The number of esters is 1. The van der Waals surface area contributed by atoms with Crippen LogP contribution in [-0.4, -0.2) is 30.7 Å². The first-order chi connectivity index (χ1) is 10.6. The van der Waals surface area contributed by atoms with Crippen LogP contribution in [0.3, 0.4) is 0 Å². The third-order valence-corrected chi connectivity index (χ3v) is 2.83. The van der Waals surface area contributed by atoms with Gasteiger partial charge in [-0.3, -0.25) is 4.79 Å². The number of methoxy groups -OCH3 is 1. The molecule has 2 aromatic carbocycles. The number of ether oxygens (including phenoxy) is 2. The Bertz CT molecular complexity index is 669. The fourth-order valence-electron chi connectivity index (χ4n) is 1.77. The van der Waals surface area contributed by atoms with Crippen LogP contribution in [-0.2, 0) is 9.53 Å². The van der Waals surface area contributed by atoms with Gasteiger partial charge < -0.3 is 19.9 Å². The fraction of sp³-hybridized carbons (Fsp3) is 0.125. The number of rotatable bonds is 5. The van der Waals surface area contributed by atoms with Crippen molar-refractivity contribution in [3.8, 4) is 11.5 Å². The van der Waals surface area contributed by atoms with E-state index in [1.54, 1.807) is 24.3 Å². The third kappa shape index (κ3) is 3.76. The Morgan fingerprint density at radius 2 is 1.82 bits per heavy atom. The number of nitrogens with one attached hydrogen (secondary N) is 1. The van der Waals surface area contributed by atoms with Crippen molar-refractivity contribution in [1.82, 2.24) is 0 Å². The van der Waals surface area contributed by atoms with Crippen molar-refractivity contribution in [3.05, 3.63) is 54.1 Å². The first kappa shape index (κ1) is 15.4. The smallest absolute Gasteiger partial charge is 0.341 e. The second-order valence-corrected chi connectivity index (χ2v) is 4.34. The fourth-order valence-corrected chi connectivity index (χ4v) is 1.77. The Balaban J connectivity index is 2.01. The van der Waals surface area contributed by atoms with E-state index in [0.717, 1.165) is 0 Å². The van der Waals surface area contributed by atoms with Crippen LogP contribution in [0.25, 0.3) is 0 Å². The first-order valence-corrected chi connectivity index (χ1v) is 6.50. The number of anilines is 1. The van der Waals surface area contributed by atoms with Crippen LogP contribution in [0.4, 0.5) is 5.69 Å². The molecule has 6 nitrogen and oxygen atoms in total. The lowest BCUT2D eigenvalue weighted by Gasteiger charge is -2.10. The molecule has 0 aliphatic heterocycles. The topological polar surface area (TPSA) is 84.9 Å². The molecule has 0 heterocycles. The lowest BCUT2D eigenvalue weighted by Crippen LogP contribution is -2.20. The van der Waals surface area contributed by atoms with Gasteiger partial charge in [-0.1, -0.05) is 24.3 Å². The van der Waals surface area contributed by atoms with Gasteiger partial charge in [-0.25, -0.2) is 4.79 Å². The Morgan fingerprint density at radius 3 is 2.50 bits per heavy atom. The van der Waals surface area contributed by atoms with Crippen LogP contribution in [0.1, 0.15) is 10.4 Å². The largest absolute Gasteiger partial charge is 0.505 e. The highest BCUT2D eigenvalue weighted by Crippen LogP contribution is 2.27. The van der Waals surface area contributed by atoms with Gasteiger partial charge in [0, 0.05) is 0 Å². The number of benzene rings is 2. The minimum absolute atomic E-state index is 0.0238. The van der Waals surface area contributed by atoms with Gasteiger partial charge in [0.1, 0.15) is 11.3 Å². The molecular weight excluding hydrogens is 286 g/mol. The van der Waals surface area contributed by atoms with Crippen molar-refractivity contribution >= 4 is 17.6 Å². The van der Waals surface area contributed by atoms with Crippen molar-refractivity contribution in [2.24, 2.45) is 0 Å². The van der Waals surface area contributed by atoms with E-state index in [9.17, 15) is 14.7 Å². The number of carbonyl (C=O) groups is 2. The molecule has 1 amide bonds. The highest BCUT2D eigenvalue weighted by atomic mass is 16.5. The average Bonchev–Trinajstić information content (AvgIpc) is 2.55. The SMILES string of the molecule is COC(=O)c1cccc(NC(=O)COc2ccccc2)c1O. The number of para-hydroxylation sites is 2. The summed E-state index contributed by atoms with van der Waals surface area (Å²) in [6, 6.07) is 13.3. The Labute approximate surface area is 127 Å². The molecule has 6 heteroatoms. The van der Waals surface area contributed by atoms with Gasteiger partial charge in [0.05, 0.1) is 12.8 Å². The third-order valence-electron chi connectivity index (χ3n) is 2.83. The second kappa shape index (κ2) is 7.12. The van der Waals surface area contributed by atoms with Crippen molar-refractivity contribution in [2.45, 2.75) is 0 Å². The summed E-state index contributed by atoms with van der Waals surface area (Å²) >= 11 is 0. The molecule has 0 unspecified atom stereocenters. The molecule has 2 rings (SSSR count). The molecule has 0 fully saturated rings. The molecule has 2 aromatic rings. The number of hydrogen-bond donors (Lipinski definition) is 2. The lowest BCUT2D eigenvalue weighted by molar-refractivity contribution is -0.118. The average molecular weight is 301 g/mol. The van der Waals surface area contributed by atoms with Crippen LogP contribution in [0, 0.1) is 0 Å². The van der Waals surface area contributed by atoms with E-state index in [4.69, 9.17) is 4.74 Å². The van der Waals surface area contributed by atoms with E-state index in [-0.39, 0.29) is 23.6 Å². The van der Waals surface area contributed by atoms with E-state index in [1.165, 1.54) is 25.3 Å². The minimum Gasteiger partial charge on any atom is -0.505 e. The Kier molecular flexibility index (Phi) is 4.98. The zero-order chi connectivity index (χ0) is 15.9. The number of amides is 1. The maximum absolute atomic E-state index is 11.8. The molecule has 0 saturated carbocycles. The Morgan fingerprint density at radius 1 is 1.09 bits per heavy atom. The molecule has 0 aromatic heterocycles. The molecule has 2 N–H and O–H groups in total. The van der Waals surface area contributed by atoms with Crippen molar-refractivity contribution in [2.75, 3.05) is 19.0 Å². The quantitative estimate of drug-likeness (QED) is 0.653. The zero-order valence-electron chi connectivity index (χ0n) is 11.9. The minimum atomic E-state index is -0.686. The van der Waals surface area contributed by atoms with Gasteiger partial charge >= 0.3 is 5.97 Å². The van der Waals surface area contributed by atoms with Crippen LogP contribution in [0.5, 0.6) is 11.5 Å². The number of phenols is 1. The van der Waals surface area contributed by atoms with Crippen molar-refractivity contribution < 1.29 is 24.2 Å². The van der Waals surface area contributed by atoms with E-state index < -0.39 is 11.9 Å². The van der Waals surface area contributed by atoms with Crippen LogP contribution >= 0.6 is 0 Å². The van der Waals surface area contributed by atoms with Crippen LogP contribution in [0.2, 0.25) is 0 Å².